The van der Waals surface area contributed by atoms with E-state index in [1.165, 1.54) is 18.2 Å². The number of amides is 2. The van der Waals surface area contributed by atoms with Gasteiger partial charge in [0.1, 0.15) is 6.54 Å². The molecule has 2 aromatic carbocycles. The van der Waals surface area contributed by atoms with E-state index >= 15 is 0 Å². The van der Waals surface area contributed by atoms with E-state index < -0.39 is 24.5 Å². The molecule has 0 atom stereocenters. The van der Waals surface area contributed by atoms with Crippen molar-refractivity contribution < 1.29 is 22.8 Å². The lowest BCUT2D eigenvalue weighted by molar-refractivity contribution is -0.123. The van der Waals surface area contributed by atoms with Crippen LogP contribution in [0.1, 0.15) is 26.3 Å². The van der Waals surface area contributed by atoms with Gasteiger partial charge in [-0.1, -0.05) is 6.07 Å². The SMILES string of the molecule is Cc1cc(C(=O)NCC(F)(F)F)ccc1C(=O)Nc1ccc(I)c(-c2ccccn2)c1. The Labute approximate surface area is 190 Å². The van der Waals surface area contributed by atoms with Crippen LogP contribution in [0.2, 0.25) is 0 Å². The fourth-order valence-corrected chi connectivity index (χ4v) is 3.47. The number of nitrogens with zero attached hydrogens (tertiary/aromatic N) is 1. The summed E-state index contributed by atoms with van der Waals surface area (Å²) in [5, 5.41) is 4.62. The lowest BCUT2D eigenvalue weighted by atomic mass is 10.0. The second-order valence-corrected chi connectivity index (χ2v) is 7.85. The van der Waals surface area contributed by atoms with Crippen molar-refractivity contribution in [1.29, 1.82) is 0 Å². The molecule has 0 saturated heterocycles. The molecule has 0 saturated carbocycles. The minimum absolute atomic E-state index is 0.0463. The highest BCUT2D eigenvalue weighted by Crippen LogP contribution is 2.27. The summed E-state index contributed by atoms with van der Waals surface area (Å²) in [5.41, 5.74) is 3.03. The molecule has 3 rings (SSSR count). The van der Waals surface area contributed by atoms with Gasteiger partial charge in [0.25, 0.3) is 11.8 Å². The lowest BCUT2D eigenvalue weighted by Crippen LogP contribution is -2.33. The fourth-order valence-electron chi connectivity index (χ4n) is 2.86. The molecule has 5 nitrogen and oxygen atoms in total. The zero-order valence-electron chi connectivity index (χ0n) is 16.3. The van der Waals surface area contributed by atoms with Crippen LogP contribution in [-0.2, 0) is 0 Å². The first-order valence-corrected chi connectivity index (χ1v) is 10.2. The van der Waals surface area contributed by atoms with Gasteiger partial charge in [0.2, 0.25) is 0 Å². The Morgan fingerprint density at radius 1 is 1.03 bits per heavy atom. The minimum Gasteiger partial charge on any atom is -0.343 e. The van der Waals surface area contributed by atoms with Crippen LogP contribution in [0.15, 0.2) is 60.8 Å². The van der Waals surface area contributed by atoms with E-state index in [4.69, 9.17) is 0 Å². The Morgan fingerprint density at radius 3 is 2.45 bits per heavy atom. The molecule has 0 aliphatic heterocycles. The number of nitrogens with one attached hydrogen (secondary N) is 2. The molecule has 0 fully saturated rings. The molecule has 160 valence electrons. The highest BCUT2D eigenvalue weighted by atomic mass is 127. The van der Waals surface area contributed by atoms with Gasteiger partial charge in [-0.05, 0) is 83.6 Å². The van der Waals surface area contributed by atoms with Gasteiger partial charge in [-0.25, -0.2) is 0 Å². The average Bonchev–Trinajstić information content (AvgIpc) is 2.73. The van der Waals surface area contributed by atoms with Crippen LogP contribution in [-0.4, -0.2) is 29.5 Å². The summed E-state index contributed by atoms with van der Waals surface area (Å²) in [6.07, 6.45) is -2.81. The van der Waals surface area contributed by atoms with Crippen LogP contribution in [0.5, 0.6) is 0 Å². The molecule has 0 unspecified atom stereocenters. The van der Waals surface area contributed by atoms with E-state index in [0.717, 1.165) is 14.8 Å². The van der Waals surface area contributed by atoms with Gasteiger partial charge < -0.3 is 10.6 Å². The van der Waals surface area contributed by atoms with E-state index in [1.807, 2.05) is 35.6 Å². The van der Waals surface area contributed by atoms with Crippen molar-refractivity contribution in [2.75, 3.05) is 11.9 Å². The molecule has 0 bridgehead atoms. The molecule has 0 radical (unpaired) electrons. The summed E-state index contributed by atoms with van der Waals surface area (Å²) in [5.74, 6) is -1.25. The minimum atomic E-state index is -4.49. The first kappa shape index (κ1) is 22.7. The van der Waals surface area contributed by atoms with Crippen molar-refractivity contribution in [2.24, 2.45) is 0 Å². The molecule has 0 spiro atoms. The molecule has 31 heavy (non-hydrogen) atoms. The summed E-state index contributed by atoms with van der Waals surface area (Å²) in [6, 6.07) is 15.1. The maximum atomic E-state index is 12.7. The van der Waals surface area contributed by atoms with E-state index in [9.17, 15) is 22.8 Å². The predicted octanol–water partition coefficient (Wildman–Crippen LogP) is 5.21. The Hall–Kier alpha value is -2.95. The third kappa shape index (κ3) is 6.03. The molecule has 0 aliphatic rings. The fraction of sp³-hybridized carbons (Fsp3) is 0.136. The van der Waals surface area contributed by atoms with Gasteiger partial charge in [-0.3, -0.25) is 14.6 Å². The molecule has 2 amide bonds. The smallest absolute Gasteiger partial charge is 0.343 e. The van der Waals surface area contributed by atoms with Crippen molar-refractivity contribution >= 4 is 40.1 Å². The third-order valence-corrected chi connectivity index (χ3v) is 5.29. The summed E-state index contributed by atoms with van der Waals surface area (Å²) >= 11 is 2.19. The molecule has 1 aromatic heterocycles. The largest absolute Gasteiger partial charge is 0.405 e. The summed E-state index contributed by atoms with van der Waals surface area (Å²) in [6.45, 7) is 0.196. The topological polar surface area (TPSA) is 71.1 Å². The molecule has 1 heterocycles. The van der Waals surface area contributed by atoms with Crippen LogP contribution in [0, 0.1) is 10.5 Å². The Balaban J connectivity index is 1.76. The Bertz CT molecular complexity index is 1120. The van der Waals surface area contributed by atoms with Crippen molar-refractivity contribution in [3.8, 4) is 11.3 Å². The number of hydrogen-bond acceptors (Lipinski definition) is 3. The number of halogens is 4. The van der Waals surface area contributed by atoms with E-state index in [1.54, 1.807) is 19.2 Å². The zero-order chi connectivity index (χ0) is 22.6. The third-order valence-electron chi connectivity index (χ3n) is 4.35. The molecule has 0 aliphatic carbocycles. The zero-order valence-corrected chi connectivity index (χ0v) is 18.4. The molecule has 9 heteroatoms. The second kappa shape index (κ2) is 9.46. The number of benzene rings is 2. The normalized spacial score (nSPS) is 11.1. The number of aryl methyl sites for hydroxylation is 1. The summed E-state index contributed by atoms with van der Waals surface area (Å²) < 4.78 is 37.8. The summed E-state index contributed by atoms with van der Waals surface area (Å²) in [7, 11) is 0. The quantitative estimate of drug-likeness (QED) is 0.438. The van der Waals surface area contributed by atoms with E-state index in [0.29, 0.717) is 16.8 Å². The Kier molecular flexibility index (Phi) is 6.94. The van der Waals surface area contributed by atoms with Gasteiger partial charge in [0, 0.05) is 32.1 Å². The lowest BCUT2D eigenvalue weighted by Gasteiger charge is -2.12. The number of carbonyl (C=O) groups excluding carboxylic acids is 2. The first-order valence-electron chi connectivity index (χ1n) is 9.12. The van der Waals surface area contributed by atoms with Gasteiger partial charge in [0.05, 0.1) is 5.69 Å². The van der Waals surface area contributed by atoms with Gasteiger partial charge in [0.15, 0.2) is 0 Å². The Morgan fingerprint density at radius 2 is 1.81 bits per heavy atom. The number of alkyl halides is 3. The summed E-state index contributed by atoms with van der Waals surface area (Å²) in [4.78, 5) is 29.0. The predicted molar refractivity (Wildman–Crippen MR) is 120 cm³/mol. The van der Waals surface area contributed by atoms with Crippen LogP contribution >= 0.6 is 22.6 Å². The van der Waals surface area contributed by atoms with Crippen LogP contribution in [0.25, 0.3) is 11.3 Å². The maximum Gasteiger partial charge on any atom is 0.405 e. The average molecular weight is 539 g/mol. The highest BCUT2D eigenvalue weighted by molar-refractivity contribution is 14.1. The van der Waals surface area contributed by atoms with Gasteiger partial charge >= 0.3 is 6.18 Å². The number of pyridine rings is 1. The van der Waals surface area contributed by atoms with Crippen LogP contribution in [0.3, 0.4) is 0 Å². The number of carbonyl (C=O) groups is 2. The molecule has 2 N–H and O–H groups in total. The van der Waals surface area contributed by atoms with E-state index in [-0.39, 0.29) is 5.56 Å². The monoisotopic (exact) mass is 539 g/mol. The maximum absolute atomic E-state index is 12.7. The van der Waals surface area contributed by atoms with E-state index in [2.05, 4.69) is 32.9 Å². The molecule has 3 aromatic rings. The first-order chi connectivity index (χ1) is 14.6. The van der Waals surface area contributed by atoms with Crippen LogP contribution in [0.4, 0.5) is 18.9 Å². The molecular weight excluding hydrogens is 522 g/mol. The van der Waals surface area contributed by atoms with Gasteiger partial charge in [-0.15, -0.1) is 0 Å². The van der Waals surface area contributed by atoms with Crippen molar-refractivity contribution in [3.63, 3.8) is 0 Å². The van der Waals surface area contributed by atoms with Crippen molar-refractivity contribution in [3.05, 3.63) is 81.1 Å². The second-order valence-electron chi connectivity index (χ2n) is 6.69. The van der Waals surface area contributed by atoms with Gasteiger partial charge in [-0.2, -0.15) is 13.2 Å². The van der Waals surface area contributed by atoms with Crippen LogP contribution < -0.4 is 10.6 Å². The van der Waals surface area contributed by atoms with Crippen molar-refractivity contribution in [2.45, 2.75) is 13.1 Å². The number of anilines is 1. The van der Waals surface area contributed by atoms with Crippen molar-refractivity contribution in [1.82, 2.24) is 10.3 Å². The number of hydrogen-bond donors (Lipinski definition) is 2. The molecular formula is C22H17F3IN3O2. The number of aromatic nitrogens is 1. The standard InChI is InChI=1S/C22H17F3IN3O2/c1-13-10-14(20(30)28-12-22(23,24)25)5-7-16(13)21(31)29-15-6-8-18(26)17(11-15)19-4-2-3-9-27-19/h2-11H,12H2,1H3,(H,28,30)(H,29,31). The highest BCUT2D eigenvalue weighted by Gasteiger charge is 2.28. The number of rotatable bonds is 5.